The summed E-state index contributed by atoms with van der Waals surface area (Å²) in [5, 5.41) is 2.64. The molecule has 0 atom stereocenters. The quantitative estimate of drug-likeness (QED) is 0.398. The van der Waals surface area contributed by atoms with Gasteiger partial charge in [-0.05, 0) is 52.1 Å². The van der Waals surface area contributed by atoms with Gasteiger partial charge in [-0.1, -0.05) is 101 Å². The van der Waals surface area contributed by atoms with Crippen molar-refractivity contribution in [3.63, 3.8) is 0 Å². The topological polar surface area (TPSA) is 3.24 Å². The van der Waals surface area contributed by atoms with Crippen LogP contribution in [0.1, 0.15) is 44.4 Å². The van der Waals surface area contributed by atoms with Crippen molar-refractivity contribution in [2.45, 2.75) is 45.4 Å². The van der Waals surface area contributed by atoms with Crippen molar-refractivity contribution in [3.05, 3.63) is 113 Å². The lowest BCUT2D eigenvalue weighted by molar-refractivity contribution is 0.636. The third-order valence-electron chi connectivity index (χ3n) is 7.07. The molecule has 0 aliphatic carbocycles. The first-order chi connectivity index (χ1) is 14.7. The summed E-state index contributed by atoms with van der Waals surface area (Å²) in [6.45, 7) is 15.7. The molecule has 4 rings (SSSR count). The van der Waals surface area contributed by atoms with Crippen molar-refractivity contribution in [3.8, 4) is 0 Å². The molecule has 0 spiro atoms. The standard InChI is InChI=1S/C30H33N/c1-21-13-8-11-17-25(21)29(3,4)22(2)14-12-18-27-30(5,6)28-24-16-10-9-15-23(24)19-20-26(28)31(27)7/h8-20H,2H2,1,3-7H3/b14-12+,27-18+. The molecular weight excluding hydrogens is 374 g/mol. The zero-order chi connectivity index (χ0) is 22.4. The van der Waals surface area contributed by atoms with Gasteiger partial charge in [-0.15, -0.1) is 0 Å². The van der Waals surface area contributed by atoms with Crippen LogP contribution in [0.5, 0.6) is 0 Å². The molecule has 1 nitrogen and oxygen atoms in total. The monoisotopic (exact) mass is 407 g/mol. The van der Waals surface area contributed by atoms with Gasteiger partial charge in [0.1, 0.15) is 0 Å². The zero-order valence-electron chi connectivity index (χ0n) is 19.7. The Morgan fingerprint density at radius 2 is 1.65 bits per heavy atom. The first-order valence-corrected chi connectivity index (χ1v) is 11.1. The number of allylic oxidation sites excluding steroid dienone is 5. The van der Waals surface area contributed by atoms with E-state index in [0.29, 0.717) is 0 Å². The minimum Gasteiger partial charge on any atom is -0.347 e. The minimum atomic E-state index is -0.114. The molecular formula is C30H33N. The zero-order valence-corrected chi connectivity index (χ0v) is 19.7. The molecule has 1 heterocycles. The maximum atomic E-state index is 4.41. The average molecular weight is 408 g/mol. The van der Waals surface area contributed by atoms with Gasteiger partial charge in [0.05, 0.1) is 0 Å². The van der Waals surface area contributed by atoms with Crippen LogP contribution < -0.4 is 4.90 Å². The van der Waals surface area contributed by atoms with Crippen molar-refractivity contribution >= 4 is 16.5 Å². The predicted molar refractivity (Wildman–Crippen MR) is 136 cm³/mol. The number of likely N-dealkylation sites (N-methyl/N-ethyl adjacent to an activating group) is 1. The molecule has 0 unspecified atom stereocenters. The van der Waals surface area contributed by atoms with E-state index in [0.717, 1.165) is 5.57 Å². The van der Waals surface area contributed by atoms with E-state index in [1.165, 1.54) is 38.8 Å². The fourth-order valence-corrected chi connectivity index (χ4v) is 5.10. The Hall–Kier alpha value is -3.06. The minimum absolute atomic E-state index is 0.0673. The highest BCUT2D eigenvalue weighted by Gasteiger charge is 2.39. The highest BCUT2D eigenvalue weighted by atomic mass is 15.2. The van der Waals surface area contributed by atoms with Gasteiger partial charge >= 0.3 is 0 Å². The van der Waals surface area contributed by atoms with E-state index >= 15 is 0 Å². The number of aryl methyl sites for hydroxylation is 1. The van der Waals surface area contributed by atoms with Gasteiger partial charge < -0.3 is 4.90 Å². The Labute approximate surface area is 187 Å². The Morgan fingerprint density at radius 3 is 2.39 bits per heavy atom. The molecule has 0 fully saturated rings. The van der Waals surface area contributed by atoms with Crippen LogP contribution in [0.4, 0.5) is 5.69 Å². The summed E-state index contributed by atoms with van der Waals surface area (Å²) >= 11 is 0. The van der Waals surface area contributed by atoms with E-state index in [2.05, 4.69) is 132 Å². The van der Waals surface area contributed by atoms with Gasteiger partial charge in [0.25, 0.3) is 0 Å². The van der Waals surface area contributed by atoms with Crippen LogP contribution in [0.25, 0.3) is 10.8 Å². The Bertz CT molecular complexity index is 1220. The van der Waals surface area contributed by atoms with E-state index in [4.69, 9.17) is 0 Å². The molecule has 31 heavy (non-hydrogen) atoms. The third kappa shape index (κ3) is 3.43. The molecule has 0 saturated heterocycles. The molecule has 0 radical (unpaired) electrons. The lowest BCUT2D eigenvalue weighted by Gasteiger charge is -2.28. The Balaban J connectivity index is 1.68. The SMILES string of the molecule is C=C(/C=C/C=C1/N(C)c2ccc3ccccc3c2C1(C)C)C(C)(C)c1ccccc1C. The molecule has 3 aromatic carbocycles. The van der Waals surface area contributed by atoms with Gasteiger partial charge in [-0.25, -0.2) is 0 Å². The Kier molecular flexibility index (Phi) is 5.17. The average Bonchev–Trinajstić information content (AvgIpc) is 2.94. The lowest BCUT2D eigenvalue weighted by atomic mass is 9.76. The van der Waals surface area contributed by atoms with E-state index in [-0.39, 0.29) is 10.8 Å². The molecule has 1 aliphatic rings. The summed E-state index contributed by atoms with van der Waals surface area (Å²) in [4.78, 5) is 2.33. The first-order valence-electron chi connectivity index (χ1n) is 11.1. The number of nitrogens with zero attached hydrogens (tertiary/aromatic N) is 1. The van der Waals surface area contributed by atoms with Gasteiger partial charge in [0, 0.05) is 29.3 Å². The lowest BCUT2D eigenvalue weighted by Crippen LogP contribution is -2.23. The van der Waals surface area contributed by atoms with E-state index < -0.39 is 0 Å². The molecule has 3 aromatic rings. The van der Waals surface area contributed by atoms with Crippen LogP contribution in [0.3, 0.4) is 0 Å². The largest absolute Gasteiger partial charge is 0.347 e. The second-order valence-electron chi connectivity index (χ2n) is 9.74. The van der Waals surface area contributed by atoms with Crippen LogP contribution >= 0.6 is 0 Å². The smallest absolute Gasteiger partial charge is 0.0454 e. The second-order valence-corrected chi connectivity index (χ2v) is 9.74. The predicted octanol–water partition coefficient (Wildman–Crippen LogP) is 7.85. The van der Waals surface area contributed by atoms with Crippen LogP contribution in [-0.4, -0.2) is 7.05 Å². The molecule has 0 aromatic heterocycles. The molecule has 0 N–H and O–H groups in total. The summed E-state index contributed by atoms with van der Waals surface area (Å²) in [6, 6.07) is 21.8. The maximum absolute atomic E-state index is 4.41. The maximum Gasteiger partial charge on any atom is 0.0454 e. The number of hydrogen-bond acceptors (Lipinski definition) is 1. The van der Waals surface area contributed by atoms with Gasteiger partial charge in [0.15, 0.2) is 0 Å². The third-order valence-corrected chi connectivity index (χ3v) is 7.07. The van der Waals surface area contributed by atoms with Gasteiger partial charge in [-0.3, -0.25) is 0 Å². The summed E-state index contributed by atoms with van der Waals surface area (Å²) in [5.74, 6) is 0. The van der Waals surface area contributed by atoms with Crippen molar-refractivity contribution in [1.29, 1.82) is 0 Å². The fourth-order valence-electron chi connectivity index (χ4n) is 5.10. The fraction of sp³-hybridized carbons (Fsp3) is 0.267. The summed E-state index contributed by atoms with van der Waals surface area (Å²) in [5.41, 5.74) is 7.57. The van der Waals surface area contributed by atoms with Crippen LogP contribution in [-0.2, 0) is 10.8 Å². The molecule has 1 heteroatoms. The summed E-state index contributed by atoms with van der Waals surface area (Å²) in [6.07, 6.45) is 6.60. The second kappa shape index (κ2) is 7.57. The number of rotatable bonds is 4. The molecule has 1 aliphatic heterocycles. The molecule has 0 amide bonds. The van der Waals surface area contributed by atoms with Crippen molar-refractivity contribution in [2.24, 2.45) is 0 Å². The van der Waals surface area contributed by atoms with E-state index in [1.54, 1.807) is 0 Å². The number of hydrogen-bond donors (Lipinski definition) is 0. The van der Waals surface area contributed by atoms with Crippen molar-refractivity contribution < 1.29 is 0 Å². The Morgan fingerprint density at radius 1 is 0.968 bits per heavy atom. The molecule has 0 bridgehead atoms. The number of fused-ring (bicyclic) bond motifs is 3. The normalized spacial score (nSPS) is 17.0. The highest BCUT2D eigenvalue weighted by molar-refractivity contribution is 5.94. The van der Waals surface area contributed by atoms with Crippen molar-refractivity contribution in [2.75, 3.05) is 11.9 Å². The van der Waals surface area contributed by atoms with E-state index in [9.17, 15) is 0 Å². The first kappa shape index (κ1) is 21.2. The van der Waals surface area contributed by atoms with Crippen molar-refractivity contribution in [1.82, 2.24) is 0 Å². The van der Waals surface area contributed by atoms with Crippen LogP contribution in [0.15, 0.2) is 96.7 Å². The van der Waals surface area contributed by atoms with Gasteiger partial charge in [0.2, 0.25) is 0 Å². The number of anilines is 1. The number of benzene rings is 3. The van der Waals surface area contributed by atoms with Crippen LogP contribution in [0, 0.1) is 6.92 Å². The van der Waals surface area contributed by atoms with E-state index in [1.807, 2.05) is 0 Å². The summed E-state index contributed by atoms with van der Waals surface area (Å²) < 4.78 is 0. The molecule has 0 saturated carbocycles. The van der Waals surface area contributed by atoms with Crippen LogP contribution in [0.2, 0.25) is 0 Å². The highest BCUT2D eigenvalue weighted by Crippen LogP contribution is 2.49. The molecule has 158 valence electrons. The summed E-state index contributed by atoms with van der Waals surface area (Å²) in [7, 11) is 2.17. The van der Waals surface area contributed by atoms with Gasteiger partial charge in [-0.2, -0.15) is 0 Å².